The first-order chi connectivity index (χ1) is 11.2. The van der Waals surface area contributed by atoms with Gasteiger partial charge < -0.3 is 0 Å². The van der Waals surface area contributed by atoms with E-state index in [1.54, 1.807) is 0 Å². The Morgan fingerprint density at radius 2 is 1.22 bits per heavy atom. The topological polar surface area (TPSA) is 17.1 Å². The lowest BCUT2D eigenvalue weighted by atomic mass is 10.0. The number of rotatable bonds is 4. The standard InChI is InChI=1S/C21H15BrO/c22-20(15-16-7-3-1-4-8-16)21(23)19-13-11-18(12-14-19)17-9-5-2-6-10-17/h1-15H/b20-15-. The van der Waals surface area contributed by atoms with Gasteiger partial charge in [-0.3, -0.25) is 4.79 Å². The summed E-state index contributed by atoms with van der Waals surface area (Å²) >= 11 is 3.39. The van der Waals surface area contributed by atoms with Crippen LogP contribution in [0.15, 0.2) is 89.4 Å². The molecule has 3 aromatic carbocycles. The van der Waals surface area contributed by atoms with Gasteiger partial charge in [0.1, 0.15) is 0 Å². The van der Waals surface area contributed by atoms with E-state index in [9.17, 15) is 4.79 Å². The zero-order chi connectivity index (χ0) is 16.1. The third-order valence-electron chi connectivity index (χ3n) is 3.56. The van der Waals surface area contributed by atoms with Crippen molar-refractivity contribution in [1.29, 1.82) is 0 Å². The Kier molecular flexibility index (Phi) is 4.84. The van der Waals surface area contributed by atoms with Crippen LogP contribution in [-0.2, 0) is 0 Å². The first-order valence-corrected chi connectivity index (χ1v) is 8.16. The second-order valence-corrected chi connectivity index (χ2v) is 6.03. The molecule has 0 amide bonds. The van der Waals surface area contributed by atoms with E-state index < -0.39 is 0 Å². The van der Waals surface area contributed by atoms with Crippen LogP contribution < -0.4 is 0 Å². The summed E-state index contributed by atoms with van der Waals surface area (Å²) in [6.45, 7) is 0. The molecule has 2 heteroatoms. The van der Waals surface area contributed by atoms with Gasteiger partial charge in [-0.1, -0.05) is 84.9 Å². The van der Waals surface area contributed by atoms with Crippen molar-refractivity contribution in [1.82, 2.24) is 0 Å². The summed E-state index contributed by atoms with van der Waals surface area (Å²) in [5, 5.41) is 0. The van der Waals surface area contributed by atoms with Crippen molar-refractivity contribution >= 4 is 27.8 Å². The third-order valence-corrected chi connectivity index (χ3v) is 4.15. The second kappa shape index (κ2) is 7.21. The summed E-state index contributed by atoms with van der Waals surface area (Å²) in [4.78, 5) is 12.5. The van der Waals surface area contributed by atoms with Gasteiger partial charge in [-0.2, -0.15) is 0 Å². The number of hydrogen-bond acceptors (Lipinski definition) is 1. The van der Waals surface area contributed by atoms with Gasteiger partial charge >= 0.3 is 0 Å². The van der Waals surface area contributed by atoms with Crippen LogP contribution in [0.25, 0.3) is 17.2 Å². The molecule has 0 aliphatic heterocycles. The minimum Gasteiger partial charge on any atom is -0.288 e. The molecule has 0 radical (unpaired) electrons. The summed E-state index contributed by atoms with van der Waals surface area (Å²) < 4.78 is 0.552. The average Bonchev–Trinajstić information content (AvgIpc) is 2.63. The summed E-state index contributed by atoms with van der Waals surface area (Å²) in [6, 6.07) is 27.6. The van der Waals surface area contributed by atoms with E-state index >= 15 is 0 Å². The monoisotopic (exact) mass is 362 g/mol. The lowest BCUT2D eigenvalue weighted by Gasteiger charge is -2.04. The van der Waals surface area contributed by atoms with E-state index in [0.29, 0.717) is 10.0 Å². The Labute approximate surface area is 144 Å². The van der Waals surface area contributed by atoms with Crippen molar-refractivity contribution in [2.75, 3.05) is 0 Å². The first-order valence-electron chi connectivity index (χ1n) is 7.36. The van der Waals surface area contributed by atoms with Gasteiger partial charge in [0.2, 0.25) is 0 Å². The molecule has 0 unspecified atom stereocenters. The van der Waals surface area contributed by atoms with Crippen molar-refractivity contribution in [2.24, 2.45) is 0 Å². The van der Waals surface area contributed by atoms with Crippen LogP contribution in [0.3, 0.4) is 0 Å². The quantitative estimate of drug-likeness (QED) is 0.412. The fraction of sp³-hybridized carbons (Fsp3) is 0. The van der Waals surface area contributed by atoms with Crippen molar-refractivity contribution in [3.8, 4) is 11.1 Å². The minimum absolute atomic E-state index is 0.0199. The zero-order valence-electron chi connectivity index (χ0n) is 12.4. The fourth-order valence-corrected chi connectivity index (χ4v) is 2.84. The Balaban J connectivity index is 1.82. The van der Waals surface area contributed by atoms with Crippen molar-refractivity contribution in [3.05, 3.63) is 101 Å². The van der Waals surface area contributed by atoms with Gasteiger partial charge in [0, 0.05) is 5.56 Å². The molecule has 0 aromatic heterocycles. The molecule has 3 rings (SSSR count). The van der Waals surface area contributed by atoms with Gasteiger partial charge in [-0.05, 0) is 38.7 Å². The highest BCUT2D eigenvalue weighted by Gasteiger charge is 2.10. The van der Waals surface area contributed by atoms with Crippen LogP contribution in [0.2, 0.25) is 0 Å². The van der Waals surface area contributed by atoms with E-state index in [4.69, 9.17) is 0 Å². The molecule has 0 saturated heterocycles. The number of hydrogen-bond donors (Lipinski definition) is 0. The molecule has 0 N–H and O–H groups in total. The number of carbonyl (C=O) groups excluding carboxylic acids is 1. The molecule has 0 aliphatic carbocycles. The zero-order valence-corrected chi connectivity index (χ0v) is 14.0. The van der Waals surface area contributed by atoms with E-state index in [-0.39, 0.29) is 5.78 Å². The lowest BCUT2D eigenvalue weighted by Crippen LogP contribution is -1.98. The number of halogens is 1. The van der Waals surface area contributed by atoms with E-state index in [2.05, 4.69) is 28.1 Å². The molecule has 3 aromatic rings. The average molecular weight is 363 g/mol. The first kappa shape index (κ1) is 15.4. The molecule has 0 fully saturated rings. The van der Waals surface area contributed by atoms with Crippen molar-refractivity contribution in [2.45, 2.75) is 0 Å². The lowest BCUT2D eigenvalue weighted by molar-refractivity contribution is 0.104. The Hall–Kier alpha value is -2.45. The maximum atomic E-state index is 12.5. The largest absolute Gasteiger partial charge is 0.288 e. The summed E-state index contributed by atoms with van der Waals surface area (Å²) in [7, 11) is 0. The SMILES string of the molecule is O=C(/C(Br)=C/c1ccccc1)c1ccc(-c2ccccc2)cc1. The van der Waals surface area contributed by atoms with Gasteiger partial charge in [-0.25, -0.2) is 0 Å². The Bertz CT molecular complexity index is 819. The van der Waals surface area contributed by atoms with Crippen LogP contribution in [0.1, 0.15) is 15.9 Å². The molecule has 1 nitrogen and oxygen atoms in total. The molecule has 23 heavy (non-hydrogen) atoms. The molecular weight excluding hydrogens is 348 g/mol. The van der Waals surface area contributed by atoms with Crippen LogP contribution >= 0.6 is 15.9 Å². The van der Waals surface area contributed by atoms with E-state index in [1.807, 2.05) is 78.9 Å². The van der Waals surface area contributed by atoms with Crippen molar-refractivity contribution in [3.63, 3.8) is 0 Å². The predicted molar refractivity (Wildman–Crippen MR) is 99.6 cm³/mol. The van der Waals surface area contributed by atoms with Gasteiger partial charge in [-0.15, -0.1) is 0 Å². The van der Waals surface area contributed by atoms with Crippen LogP contribution in [0, 0.1) is 0 Å². The van der Waals surface area contributed by atoms with Gasteiger partial charge in [0.05, 0.1) is 4.48 Å². The Morgan fingerprint density at radius 3 is 1.83 bits per heavy atom. The van der Waals surface area contributed by atoms with Gasteiger partial charge in [0.25, 0.3) is 0 Å². The molecule has 0 aliphatic rings. The minimum atomic E-state index is -0.0199. The van der Waals surface area contributed by atoms with E-state index in [1.165, 1.54) is 0 Å². The Morgan fingerprint density at radius 1 is 0.696 bits per heavy atom. The number of Topliss-reactive ketones (excluding diaryl/α,β-unsaturated/α-hetero) is 1. The maximum absolute atomic E-state index is 12.5. The highest BCUT2D eigenvalue weighted by atomic mass is 79.9. The number of benzene rings is 3. The predicted octanol–water partition coefficient (Wildman–Crippen LogP) is 5.97. The van der Waals surface area contributed by atoms with Crippen molar-refractivity contribution < 1.29 is 4.79 Å². The van der Waals surface area contributed by atoms with Crippen LogP contribution in [0.4, 0.5) is 0 Å². The summed E-state index contributed by atoms with van der Waals surface area (Å²) in [5.41, 5.74) is 3.91. The fourth-order valence-electron chi connectivity index (χ4n) is 2.34. The summed E-state index contributed by atoms with van der Waals surface area (Å²) in [6.07, 6.45) is 1.84. The van der Waals surface area contributed by atoms with Gasteiger partial charge in [0.15, 0.2) is 5.78 Å². The second-order valence-electron chi connectivity index (χ2n) is 5.18. The maximum Gasteiger partial charge on any atom is 0.199 e. The normalized spacial score (nSPS) is 11.3. The molecule has 0 spiro atoms. The molecule has 112 valence electrons. The highest BCUT2D eigenvalue weighted by molar-refractivity contribution is 9.12. The van der Waals surface area contributed by atoms with Crippen LogP contribution in [0.5, 0.6) is 0 Å². The molecule has 0 heterocycles. The number of allylic oxidation sites excluding steroid dienone is 1. The summed E-state index contributed by atoms with van der Waals surface area (Å²) in [5.74, 6) is -0.0199. The number of carbonyl (C=O) groups is 1. The molecular formula is C21H15BrO. The molecule has 0 bridgehead atoms. The van der Waals surface area contributed by atoms with Crippen LogP contribution in [-0.4, -0.2) is 5.78 Å². The smallest absolute Gasteiger partial charge is 0.199 e. The van der Waals surface area contributed by atoms with E-state index in [0.717, 1.165) is 16.7 Å². The molecule has 0 atom stereocenters. The highest BCUT2D eigenvalue weighted by Crippen LogP contribution is 2.22. The third kappa shape index (κ3) is 3.85. The molecule has 0 saturated carbocycles. The number of ketones is 1.